The summed E-state index contributed by atoms with van der Waals surface area (Å²) in [5.41, 5.74) is 0.521. The number of rotatable bonds is 4. The first-order valence-corrected chi connectivity index (χ1v) is 8.50. The number of carbonyl (C=O) groups excluding carboxylic acids is 1. The van der Waals surface area contributed by atoms with E-state index in [-0.39, 0.29) is 12.5 Å². The second-order valence-corrected chi connectivity index (χ2v) is 6.85. The summed E-state index contributed by atoms with van der Waals surface area (Å²) >= 11 is 0. The van der Waals surface area contributed by atoms with Crippen molar-refractivity contribution in [3.05, 3.63) is 29.3 Å². The molecule has 1 amide bonds. The molecule has 1 aliphatic carbocycles. The zero-order chi connectivity index (χ0) is 18.0. The fourth-order valence-corrected chi connectivity index (χ4v) is 3.69. The lowest BCUT2D eigenvalue weighted by Gasteiger charge is -2.40. The quantitative estimate of drug-likeness (QED) is 0.876. The van der Waals surface area contributed by atoms with Gasteiger partial charge in [-0.2, -0.15) is 0 Å². The van der Waals surface area contributed by atoms with Crippen LogP contribution in [-0.2, 0) is 9.59 Å². The maximum absolute atomic E-state index is 12.7. The van der Waals surface area contributed by atoms with Gasteiger partial charge >= 0.3 is 5.97 Å². The summed E-state index contributed by atoms with van der Waals surface area (Å²) < 4.78 is 11.0. The molecule has 6 heteroatoms. The number of para-hydroxylation sites is 1. The Balaban J connectivity index is 1.81. The molecule has 0 saturated heterocycles. The summed E-state index contributed by atoms with van der Waals surface area (Å²) in [5.74, 6) is -0.453. The number of amides is 1. The number of aliphatic carboxylic acids is 1. The summed E-state index contributed by atoms with van der Waals surface area (Å²) in [6.07, 6.45) is 4.81. The molecule has 1 aromatic carbocycles. The van der Waals surface area contributed by atoms with Gasteiger partial charge in [-0.05, 0) is 31.9 Å². The number of hydrogen-bond acceptors (Lipinski definition) is 4. The molecule has 0 aromatic heterocycles. The topological polar surface area (TPSA) is 84.9 Å². The zero-order valence-electron chi connectivity index (χ0n) is 14.5. The van der Waals surface area contributed by atoms with Gasteiger partial charge in [-0.25, -0.2) is 0 Å². The van der Waals surface area contributed by atoms with Crippen LogP contribution in [0, 0.1) is 5.92 Å². The molecule has 1 heterocycles. The Bertz CT molecular complexity index is 727. The number of carbonyl (C=O) groups is 2. The van der Waals surface area contributed by atoms with E-state index in [0.717, 1.165) is 18.4 Å². The maximum atomic E-state index is 12.7. The van der Waals surface area contributed by atoms with Crippen molar-refractivity contribution in [1.29, 1.82) is 0 Å². The first-order valence-electron chi connectivity index (χ1n) is 8.50. The molecule has 2 unspecified atom stereocenters. The molecule has 1 aliphatic heterocycles. The lowest BCUT2D eigenvalue weighted by Crippen LogP contribution is -2.56. The van der Waals surface area contributed by atoms with Crippen molar-refractivity contribution in [2.24, 2.45) is 5.92 Å². The predicted molar refractivity (Wildman–Crippen MR) is 92.6 cm³/mol. The van der Waals surface area contributed by atoms with Crippen LogP contribution in [0.5, 0.6) is 11.5 Å². The van der Waals surface area contributed by atoms with Crippen LogP contribution in [0.2, 0.25) is 0 Å². The molecule has 2 aliphatic rings. The third kappa shape index (κ3) is 3.34. The molecule has 25 heavy (non-hydrogen) atoms. The van der Waals surface area contributed by atoms with E-state index in [4.69, 9.17) is 9.47 Å². The summed E-state index contributed by atoms with van der Waals surface area (Å²) in [5, 5.41) is 12.4. The van der Waals surface area contributed by atoms with Crippen LogP contribution in [0.3, 0.4) is 0 Å². The molecule has 134 valence electrons. The minimum absolute atomic E-state index is 0.132. The molecule has 1 aromatic rings. The van der Waals surface area contributed by atoms with Gasteiger partial charge in [0.05, 0.1) is 24.1 Å². The standard InChI is InChI=1S/C19H23NO5/c1-19(9-4-3-7-14(19)18(22)23)20-17(21)13-10-12-6-5-8-15(24-2)16(12)25-11-13/h5-6,8,10,14H,3-4,7,9,11H2,1-2H3,(H,20,21)(H,22,23). The highest BCUT2D eigenvalue weighted by molar-refractivity contribution is 6.00. The predicted octanol–water partition coefficient (Wildman–Crippen LogP) is 2.62. The van der Waals surface area contributed by atoms with Gasteiger partial charge < -0.3 is 19.9 Å². The molecular formula is C19H23NO5. The average molecular weight is 345 g/mol. The van der Waals surface area contributed by atoms with E-state index in [1.54, 1.807) is 19.3 Å². The Kier molecular flexibility index (Phi) is 4.70. The van der Waals surface area contributed by atoms with Crippen LogP contribution in [0.25, 0.3) is 6.08 Å². The zero-order valence-corrected chi connectivity index (χ0v) is 14.5. The highest BCUT2D eigenvalue weighted by atomic mass is 16.5. The summed E-state index contributed by atoms with van der Waals surface area (Å²) in [6.45, 7) is 1.96. The SMILES string of the molecule is COc1cccc2c1OCC(C(=O)NC1(C)CCCCC1C(=O)O)=C2. The Hall–Kier alpha value is -2.50. The molecule has 2 atom stereocenters. The van der Waals surface area contributed by atoms with E-state index in [1.165, 1.54) is 0 Å². The van der Waals surface area contributed by atoms with Crippen molar-refractivity contribution in [2.75, 3.05) is 13.7 Å². The Morgan fingerprint density at radius 3 is 2.88 bits per heavy atom. The monoisotopic (exact) mass is 345 g/mol. The van der Waals surface area contributed by atoms with Crippen LogP contribution in [0.4, 0.5) is 0 Å². The van der Waals surface area contributed by atoms with Crippen molar-refractivity contribution in [3.8, 4) is 11.5 Å². The highest BCUT2D eigenvalue weighted by Gasteiger charge is 2.42. The van der Waals surface area contributed by atoms with Gasteiger partial charge in [0, 0.05) is 5.56 Å². The van der Waals surface area contributed by atoms with Crippen molar-refractivity contribution in [2.45, 2.75) is 38.1 Å². The fourth-order valence-electron chi connectivity index (χ4n) is 3.69. The Morgan fingerprint density at radius 1 is 1.36 bits per heavy atom. The molecule has 3 rings (SSSR count). The van der Waals surface area contributed by atoms with Gasteiger partial charge in [-0.1, -0.05) is 25.0 Å². The third-order valence-electron chi connectivity index (χ3n) is 5.13. The van der Waals surface area contributed by atoms with E-state index in [1.807, 2.05) is 19.1 Å². The van der Waals surface area contributed by atoms with Gasteiger partial charge in [-0.3, -0.25) is 9.59 Å². The second kappa shape index (κ2) is 6.78. The summed E-state index contributed by atoms with van der Waals surface area (Å²) in [6, 6.07) is 5.49. The van der Waals surface area contributed by atoms with E-state index in [9.17, 15) is 14.7 Å². The number of carboxylic acid groups (broad SMARTS) is 1. The lowest BCUT2D eigenvalue weighted by molar-refractivity contribution is -0.146. The van der Waals surface area contributed by atoms with Gasteiger partial charge in [0.15, 0.2) is 11.5 Å². The number of ether oxygens (including phenoxy) is 2. The number of hydrogen-bond donors (Lipinski definition) is 2. The minimum Gasteiger partial charge on any atom is -0.493 e. The molecule has 1 fully saturated rings. The van der Waals surface area contributed by atoms with E-state index >= 15 is 0 Å². The first-order chi connectivity index (χ1) is 11.9. The maximum Gasteiger partial charge on any atom is 0.308 e. The molecule has 0 spiro atoms. The van der Waals surface area contributed by atoms with Crippen LogP contribution in [-0.4, -0.2) is 36.2 Å². The molecular weight excluding hydrogens is 322 g/mol. The van der Waals surface area contributed by atoms with Crippen LogP contribution in [0.1, 0.15) is 38.2 Å². The van der Waals surface area contributed by atoms with Gasteiger partial charge in [0.1, 0.15) is 6.61 Å². The molecule has 0 bridgehead atoms. The Morgan fingerprint density at radius 2 is 2.16 bits per heavy atom. The van der Waals surface area contributed by atoms with Gasteiger partial charge in [0.2, 0.25) is 0 Å². The van der Waals surface area contributed by atoms with Gasteiger partial charge in [0.25, 0.3) is 5.91 Å². The molecule has 1 saturated carbocycles. The smallest absolute Gasteiger partial charge is 0.308 e. The summed E-state index contributed by atoms with van der Waals surface area (Å²) in [4.78, 5) is 24.3. The normalized spacial score (nSPS) is 25.2. The molecule has 0 radical (unpaired) electrons. The van der Waals surface area contributed by atoms with Crippen LogP contribution in [0.15, 0.2) is 23.8 Å². The molecule has 6 nitrogen and oxygen atoms in total. The Labute approximate surface area is 146 Å². The van der Waals surface area contributed by atoms with Crippen molar-refractivity contribution >= 4 is 18.0 Å². The fraction of sp³-hybridized carbons (Fsp3) is 0.474. The van der Waals surface area contributed by atoms with Crippen molar-refractivity contribution < 1.29 is 24.2 Å². The molecule has 2 N–H and O–H groups in total. The number of benzene rings is 1. The van der Waals surface area contributed by atoms with Crippen LogP contribution >= 0.6 is 0 Å². The second-order valence-electron chi connectivity index (χ2n) is 6.85. The highest BCUT2D eigenvalue weighted by Crippen LogP contribution is 2.37. The van der Waals surface area contributed by atoms with Crippen molar-refractivity contribution in [3.63, 3.8) is 0 Å². The summed E-state index contributed by atoms with van der Waals surface area (Å²) in [7, 11) is 1.57. The number of nitrogens with one attached hydrogen (secondary N) is 1. The largest absolute Gasteiger partial charge is 0.493 e. The number of methoxy groups -OCH3 is 1. The first kappa shape index (κ1) is 17.3. The van der Waals surface area contributed by atoms with Gasteiger partial charge in [-0.15, -0.1) is 0 Å². The van der Waals surface area contributed by atoms with Crippen molar-refractivity contribution in [1.82, 2.24) is 5.32 Å². The average Bonchev–Trinajstić information content (AvgIpc) is 2.60. The van der Waals surface area contributed by atoms with E-state index in [0.29, 0.717) is 29.9 Å². The number of carboxylic acids is 1. The minimum atomic E-state index is -0.855. The third-order valence-corrected chi connectivity index (χ3v) is 5.13. The number of fused-ring (bicyclic) bond motifs is 1. The van der Waals surface area contributed by atoms with Crippen LogP contribution < -0.4 is 14.8 Å². The van der Waals surface area contributed by atoms with E-state index in [2.05, 4.69) is 5.32 Å². The van der Waals surface area contributed by atoms with E-state index < -0.39 is 17.4 Å². The lowest BCUT2D eigenvalue weighted by atomic mass is 9.73.